The van der Waals surface area contributed by atoms with E-state index >= 15 is 0 Å². The van der Waals surface area contributed by atoms with Crippen molar-refractivity contribution in [2.24, 2.45) is 0 Å². The van der Waals surface area contributed by atoms with Crippen molar-refractivity contribution in [3.05, 3.63) is 88.5 Å². The maximum atomic E-state index is 11.7. The highest BCUT2D eigenvalue weighted by molar-refractivity contribution is 5.89. The van der Waals surface area contributed by atoms with E-state index in [1.165, 1.54) is 36.6 Å². The molecule has 2 aromatic carbocycles. The molecule has 2 nitrogen and oxygen atoms in total. The molecule has 0 saturated heterocycles. The third-order valence-electron chi connectivity index (χ3n) is 6.78. The second kappa shape index (κ2) is 9.26. The molecular weight excluding hydrogens is 380 g/mol. The van der Waals surface area contributed by atoms with E-state index in [-0.39, 0.29) is 16.8 Å². The lowest BCUT2D eigenvalue weighted by atomic mass is 9.62. The Morgan fingerprint density at radius 3 is 2.26 bits per heavy atom. The van der Waals surface area contributed by atoms with Crippen molar-refractivity contribution >= 4 is 12.0 Å². The zero-order chi connectivity index (χ0) is 22.6. The van der Waals surface area contributed by atoms with Crippen LogP contribution in [0.1, 0.15) is 92.4 Å². The summed E-state index contributed by atoms with van der Waals surface area (Å²) in [5, 5.41) is 0. The monoisotopic (exact) mass is 416 g/mol. The zero-order valence-electron chi connectivity index (χ0n) is 19.9. The number of fused-ring (bicyclic) bond motifs is 1. The molecule has 0 amide bonds. The van der Waals surface area contributed by atoms with Gasteiger partial charge in [-0.2, -0.15) is 0 Å². The number of methoxy groups -OCH3 is 1. The first-order valence-corrected chi connectivity index (χ1v) is 11.3. The first kappa shape index (κ1) is 23.1. The van der Waals surface area contributed by atoms with Gasteiger partial charge in [0.1, 0.15) is 0 Å². The first-order valence-electron chi connectivity index (χ1n) is 11.3. The van der Waals surface area contributed by atoms with E-state index in [1.807, 2.05) is 24.3 Å². The molecule has 0 fully saturated rings. The van der Waals surface area contributed by atoms with Crippen molar-refractivity contribution in [3.8, 4) is 0 Å². The van der Waals surface area contributed by atoms with Crippen molar-refractivity contribution in [2.75, 3.05) is 7.11 Å². The highest BCUT2D eigenvalue weighted by Crippen LogP contribution is 2.46. The highest BCUT2D eigenvalue weighted by atomic mass is 16.5. The average molecular weight is 417 g/mol. The topological polar surface area (TPSA) is 26.3 Å². The standard InChI is InChI=1S/C29H36O2/c1-7-8-9-22(13-10-21-11-14-23(15-12-21)27(30)31-6)24-16-17-25-26(20-24)29(4,5)19-18-28(25,2)3/h7-8,10-17,20,22H,9,18-19H2,1-6H3. The van der Waals surface area contributed by atoms with Crippen LogP contribution in [0.4, 0.5) is 0 Å². The molecule has 0 N–H and O–H groups in total. The van der Waals surface area contributed by atoms with Crippen LogP contribution in [0, 0.1) is 0 Å². The van der Waals surface area contributed by atoms with Gasteiger partial charge in [-0.15, -0.1) is 0 Å². The van der Waals surface area contributed by atoms with Crippen molar-refractivity contribution < 1.29 is 9.53 Å². The fourth-order valence-corrected chi connectivity index (χ4v) is 4.52. The normalized spacial score (nSPS) is 18.1. The molecular formula is C29H36O2. The summed E-state index contributed by atoms with van der Waals surface area (Å²) in [4.78, 5) is 11.7. The van der Waals surface area contributed by atoms with E-state index in [2.05, 4.69) is 77.1 Å². The molecule has 0 saturated carbocycles. The minimum atomic E-state index is -0.305. The summed E-state index contributed by atoms with van der Waals surface area (Å²) < 4.78 is 4.79. The molecule has 0 aromatic heterocycles. The van der Waals surface area contributed by atoms with Gasteiger partial charge in [0.25, 0.3) is 0 Å². The van der Waals surface area contributed by atoms with Crippen LogP contribution in [-0.2, 0) is 15.6 Å². The van der Waals surface area contributed by atoms with E-state index < -0.39 is 0 Å². The van der Waals surface area contributed by atoms with Crippen LogP contribution in [0.5, 0.6) is 0 Å². The minimum Gasteiger partial charge on any atom is -0.465 e. The van der Waals surface area contributed by atoms with E-state index in [4.69, 9.17) is 4.74 Å². The Hall–Kier alpha value is -2.61. The number of hydrogen-bond donors (Lipinski definition) is 0. The molecule has 0 bridgehead atoms. The van der Waals surface area contributed by atoms with Gasteiger partial charge in [-0.25, -0.2) is 4.79 Å². The van der Waals surface area contributed by atoms with Gasteiger partial charge in [0, 0.05) is 5.92 Å². The van der Waals surface area contributed by atoms with Crippen LogP contribution in [0.2, 0.25) is 0 Å². The molecule has 2 heteroatoms. The largest absolute Gasteiger partial charge is 0.465 e. The minimum absolute atomic E-state index is 0.208. The molecule has 0 radical (unpaired) electrons. The molecule has 0 heterocycles. The summed E-state index contributed by atoms with van der Waals surface area (Å²) in [5.74, 6) is 0.00343. The van der Waals surface area contributed by atoms with Crippen LogP contribution in [0.25, 0.3) is 6.08 Å². The molecule has 3 rings (SSSR count). The van der Waals surface area contributed by atoms with E-state index in [9.17, 15) is 4.79 Å². The predicted molar refractivity (Wildman–Crippen MR) is 131 cm³/mol. The average Bonchev–Trinajstić information content (AvgIpc) is 2.76. The van der Waals surface area contributed by atoms with Crippen molar-refractivity contribution in [1.29, 1.82) is 0 Å². The summed E-state index contributed by atoms with van der Waals surface area (Å²) in [6.07, 6.45) is 12.2. The Balaban J connectivity index is 1.93. The van der Waals surface area contributed by atoms with Crippen LogP contribution in [0.15, 0.2) is 60.7 Å². The number of esters is 1. The van der Waals surface area contributed by atoms with E-state index in [1.54, 1.807) is 0 Å². The number of carbonyl (C=O) groups is 1. The quantitative estimate of drug-likeness (QED) is 0.358. The Morgan fingerprint density at radius 2 is 1.65 bits per heavy atom. The smallest absolute Gasteiger partial charge is 0.337 e. The Morgan fingerprint density at radius 1 is 1.00 bits per heavy atom. The molecule has 1 aliphatic rings. The highest BCUT2D eigenvalue weighted by Gasteiger charge is 2.37. The SMILES string of the molecule is CC=CCC(C=Cc1ccc(C(=O)OC)cc1)c1ccc2c(c1)C(C)(C)CCC2(C)C. The Bertz CT molecular complexity index is 974. The molecule has 1 aliphatic carbocycles. The van der Waals surface area contributed by atoms with Gasteiger partial charge in [0.2, 0.25) is 0 Å². The van der Waals surface area contributed by atoms with Gasteiger partial charge in [-0.3, -0.25) is 0 Å². The van der Waals surface area contributed by atoms with Crippen LogP contribution in [-0.4, -0.2) is 13.1 Å². The molecule has 31 heavy (non-hydrogen) atoms. The fourth-order valence-electron chi connectivity index (χ4n) is 4.52. The summed E-state index contributed by atoms with van der Waals surface area (Å²) in [5.41, 5.74) is 6.47. The number of rotatable bonds is 6. The lowest BCUT2D eigenvalue weighted by Gasteiger charge is -2.42. The Labute approximate surface area is 188 Å². The number of ether oxygens (including phenoxy) is 1. The number of allylic oxidation sites excluding steroid dienone is 3. The third-order valence-corrected chi connectivity index (χ3v) is 6.78. The molecule has 0 aliphatic heterocycles. The van der Waals surface area contributed by atoms with Gasteiger partial charge in [0.15, 0.2) is 0 Å². The number of hydrogen-bond acceptors (Lipinski definition) is 2. The van der Waals surface area contributed by atoms with E-state index in [0.717, 1.165) is 12.0 Å². The lowest BCUT2D eigenvalue weighted by molar-refractivity contribution is 0.0600. The van der Waals surface area contributed by atoms with E-state index in [0.29, 0.717) is 11.5 Å². The summed E-state index contributed by atoms with van der Waals surface area (Å²) >= 11 is 0. The maximum Gasteiger partial charge on any atom is 0.337 e. The van der Waals surface area contributed by atoms with Gasteiger partial charge in [-0.05, 0) is 71.4 Å². The van der Waals surface area contributed by atoms with Gasteiger partial charge < -0.3 is 4.74 Å². The predicted octanol–water partition coefficient (Wildman–Crippen LogP) is 7.59. The first-order chi connectivity index (χ1) is 14.7. The van der Waals surface area contributed by atoms with Gasteiger partial charge in [-0.1, -0.05) is 82.3 Å². The molecule has 164 valence electrons. The van der Waals surface area contributed by atoms with Crippen LogP contribution < -0.4 is 0 Å². The van der Waals surface area contributed by atoms with Crippen LogP contribution in [0.3, 0.4) is 0 Å². The number of benzene rings is 2. The summed E-state index contributed by atoms with van der Waals surface area (Å²) in [7, 11) is 1.41. The Kier molecular flexibility index (Phi) is 6.89. The van der Waals surface area contributed by atoms with Crippen molar-refractivity contribution in [1.82, 2.24) is 0 Å². The molecule has 1 atom stereocenters. The van der Waals surface area contributed by atoms with Gasteiger partial charge >= 0.3 is 5.97 Å². The summed E-state index contributed by atoms with van der Waals surface area (Å²) in [6.45, 7) is 11.6. The zero-order valence-corrected chi connectivity index (χ0v) is 19.9. The maximum absolute atomic E-state index is 11.7. The number of carbonyl (C=O) groups excluding carboxylic acids is 1. The second-order valence-corrected chi connectivity index (χ2v) is 9.96. The molecule has 1 unspecified atom stereocenters. The lowest BCUT2D eigenvalue weighted by Crippen LogP contribution is -2.33. The second-order valence-electron chi connectivity index (χ2n) is 9.96. The molecule has 0 spiro atoms. The fraction of sp³-hybridized carbons (Fsp3) is 0.414. The van der Waals surface area contributed by atoms with Gasteiger partial charge in [0.05, 0.1) is 12.7 Å². The van der Waals surface area contributed by atoms with Crippen molar-refractivity contribution in [3.63, 3.8) is 0 Å². The van der Waals surface area contributed by atoms with Crippen molar-refractivity contribution in [2.45, 2.75) is 70.6 Å². The molecule has 2 aromatic rings. The van der Waals surface area contributed by atoms with Crippen LogP contribution >= 0.6 is 0 Å². The summed E-state index contributed by atoms with van der Waals surface area (Å²) in [6, 6.07) is 14.7. The third kappa shape index (κ3) is 5.18.